The van der Waals surface area contributed by atoms with Gasteiger partial charge in [-0.05, 0) is 49.0 Å². The fourth-order valence-electron chi connectivity index (χ4n) is 2.50. The molecule has 0 bridgehead atoms. The van der Waals surface area contributed by atoms with Crippen LogP contribution in [0.2, 0.25) is 0 Å². The highest BCUT2D eigenvalue weighted by molar-refractivity contribution is 8.18. The number of hydrogen-bond donors (Lipinski definition) is 2. The summed E-state index contributed by atoms with van der Waals surface area (Å²) >= 11 is 0.928. The van der Waals surface area contributed by atoms with Gasteiger partial charge in [-0.1, -0.05) is 0 Å². The Morgan fingerprint density at radius 1 is 1.20 bits per heavy atom. The average molecular weight is 430 g/mol. The highest BCUT2D eigenvalue weighted by Gasteiger charge is 2.27. The van der Waals surface area contributed by atoms with E-state index in [2.05, 4.69) is 10.3 Å². The second-order valence-electron chi connectivity index (χ2n) is 5.83. The van der Waals surface area contributed by atoms with Gasteiger partial charge in [-0.25, -0.2) is 4.99 Å². The lowest BCUT2D eigenvalue weighted by Gasteiger charge is -2.02. The molecule has 2 N–H and O–H groups in total. The number of nitrogens with zero attached hydrogens (tertiary/aromatic N) is 3. The normalized spacial score (nSPS) is 16.0. The summed E-state index contributed by atoms with van der Waals surface area (Å²) in [5.74, 6) is -0.658. The van der Waals surface area contributed by atoms with E-state index in [-0.39, 0.29) is 15.6 Å². The summed E-state index contributed by atoms with van der Waals surface area (Å²) in [7, 11) is 0. The molecule has 12 heteroatoms. The van der Waals surface area contributed by atoms with Crippen LogP contribution in [-0.2, 0) is 4.79 Å². The molecule has 0 unspecified atom stereocenters. The van der Waals surface area contributed by atoms with Gasteiger partial charge in [0.2, 0.25) is 5.75 Å². The lowest BCUT2D eigenvalue weighted by molar-refractivity contribution is -0.394. The third kappa shape index (κ3) is 4.55. The maximum absolute atomic E-state index is 12.2. The maximum Gasteiger partial charge on any atom is 0.318 e. The van der Waals surface area contributed by atoms with Crippen molar-refractivity contribution >= 4 is 46.0 Å². The maximum atomic E-state index is 12.2. The number of nitro benzene ring substituents is 2. The molecule has 154 valence electrons. The molecule has 1 saturated heterocycles. The first-order valence-electron chi connectivity index (χ1n) is 8.46. The molecule has 1 fully saturated rings. The van der Waals surface area contributed by atoms with Crippen LogP contribution >= 0.6 is 11.8 Å². The predicted molar refractivity (Wildman–Crippen MR) is 110 cm³/mol. The zero-order chi connectivity index (χ0) is 21.8. The van der Waals surface area contributed by atoms with Crippen LogP contribution in [0.4, 0.5) is 17.1 Å². The minimum atomic E-state index is -0.939. The number of amides is 1. The van der Waals surface area contributed by atoms with Crippen LogP contribution in [0.25, 0.3) is 6.08 Å². The minimum absolute atomic E-state index is 0.0600. The molecular formula is C18H14N4O7S. The number of rotatable bonds is 6. The molecular weight excluding hydrogens is 416 g/mol. The molecule has 1 heterocycles. The number of nitro groups is 2. The summed E-state index contributed by atoms with van der Waals surface area (Å²) in [6.45, 7) is 2.39. The number of amidine groups is 1. The number of ether oxygens (including phenoxy) is 1. The van der Waals surface area contributed by atoms with E-state index in [1.807, 2.05) is 6.92 Å². The fraction of sp³-hybridized carbons (Fsp3) is 0.111. The van der Waals surface area contributed by atoms with Crippen LogP contribution in [0.3, 0.4) is 0 Å². The van der Waals surface area contributed by atoms with Crippen molar-refractivity contribution in [3.63, 3.8) is 0 Å². The number of benzene rings is 2. The molecule has 0 aromatic heterocycles. The van der Waals surface area contributed by atoms with Crippen LogP contribution in [0.5, 0.6) is 11.5 Å². The van der Waals surface area contributed by atoms with Gasteiger partial charge in [-0.2, -0.15) is 0 Å². The number of phenolic OH excluding ortho intramolecular Hbond substituents is 1. The van der Waals surface area contributed by atoms with Crippen molar-refractivity contribution in [3.8, 4) is 11.5 Å². The molecule has 0 radical (unpaired) electrons. The standard InChI is InChI=1S/C18H14N4O7S/c1-2-29-13-5-3-11(4-6-13)19-18-20-17(24)15(30-18)8-10-7-12(21(25)26)9-14(16(10)23)22(27)28/h3-9,23H,2H2,1H3,(H,19,20,24)/b15-8+. The second-order valence-corrected chi connectivity index (χ2v) is 6.86. The Morgan fingerprint density at radius 2 is 1.90 bits per heavy atom. The molecule has 2 aromatic rings. The van der Waals surface area contributed by atoms with Gasteiger partial charge in [0.1, 0.15) is 5.75 Å². The van der Waals surface area contributed by atoms with Crippen molar-refractivity contribution < 1.29 is 24.5 Å². The highest BCUT2D eigenvalue weighted by atomic mass is 32.2. The van der Waals surface area contributed by atoms with E-state index in [4.69, 9.17) is 4.74 Å². The van der Waals surface area contributed by atoms with Gasteiger partial charge in [-0.3, -0.25) is 25.0 Å². The first-order valence-corrected chi connectivity index (χ1v) is 9.28. The van der Waals surface area contributed by atoms with Crippen molar-refractivity contribution in [1.29, 1.82) is 0 Å². The fourth-order valence-corrected chi connectivity index (χ4v) is 3.34. The number of carbonyl (C=O) groups excluding carboxylic acids is 1. The monoisotopic (exact) mass is 430 g/mol. The number of thioether (sulfide) groups is 1. The smallest absolute Gasteiger partial charge is 0.318 e. The molecule has 11 nitrogen and oxygen atoms in total. The van der Waals surface area contributed by atoms with Crippen LogP contribution in [-0.4, -0.2) is 32.6 Å². The SMILES string of the molecule is CCOc1ccc(N=C2NC(=O)/C(=C\c3cc([N+](=O)[O-])cc([N+](=O)[O-])c3O)S2)cc1. The van der Waals surface area contributed by atoms with Crippen LogP contribution in [0.1, 0.15) is 12.5 Å². The van der Waals surface area contributed by atoms with E-state index < -0.39 is 32.9 Å². The van der Waals surface area contributed by atoms with Crippen LogP contribution in [0, 0.1) is 20.2 Å². The van der Waals surface area contributed by atoms with Crippen molar-refractivity contribution in [2.45, 2.75) is 6.92 Å². The van der Waals surface area contributed by atoms with E-state index in [0.29, 0.717) is 24.1 Å². The van der Waals surface area contributed by atoms with E-state index in [0.717, 1.165) is 23.9 Å². The van der Waals surface area contributed by atoms with Gasteiger partial charge in [0.05, 0.1) is 33.1 Å². The Kier molecular flexibility index (Phi) is 5.97. The third-order valence-electron chi connectivity index (χ3n) is 3.83. The molecule has 0 atom stereocenters. The summed E-state index contributed by atoms with van der Waals surface area (Å²) in [6.07, 6.45) is 1.13. The largest absolute Gasteiger partial charge is 0.502 e. The van der Waals surface area contributed by atoms with Gasteiger partial charge in [-0.15, -0.1) is 0 Å². The Balaban J connectivity index is 1.91. The van der Waals surface area contributed by atoms with Crippen molar-refractivity contribution in [2.75, 3.05) is 6.61 Å². The first kappa shape index (κ1) is 20.8. The Morgan fingerprint density at radius 3 is 2.50 bits per heavy atom. The zero-order valence-corrected chi connectivity index (χ0v) is 16.2. The summed E-state index contributed by atoms with van der Waals surface area (Å²) in [5.41, 5.74) is -1.09. The summed E-state index contributed by atoms with van der Waals surface area (Å²) in [4.78, 5) is 36.9. The lowest BCUT2D eigenvalue weighted by atomic mass is 10.1. The highest BCUT2D eigenvalue weighted by Crippen LogP contribution is 2.37. The first-order chi connectivity index (χ1) is 14.3. The van der Waals surface area contributed by atoms with Gasteiger partial charge in [0.15, 0.2) is 5.17 Å². The van der Waals surface area contributed by atoms with Crippen LogP contribution in [0.15, 0.2) is 46.3 Å². The summed E-state index contributed by atoms with van der Waals surface area (Å²) in [5, 5.41) is 35.0. The molecule has 1 aliphatic rings. The molecule has 1 amide bonds. The Hall–Kier alpha value is -3.93. The average Bonchev–Trinajstić information content (AvgIpc) is 3.03. The lowest BCUT2D eigenvalue weighted by Crippen LogP contribution is -2.19. The molecule has 1 aliphatic heterocycles. The number of non-ortho nitro benzene ring substituents is 1. The number of hydrogen-bond acceptors (Lipinski definition) is 9. The molecule has 3 rings (SSSR count). The quantitative estimate of drug-likeness (QED) is 0.400. The Labute approximate surface area is 173 Å². The van der Waals surface area contributed by atoms with Crippen molar-refractivity contribution in [3.05, 3.63) is 67.1 Å². The van der Waals surface area contributed by atoms with Gasteiger partial charge < -0.3 is 15.2 Å². The van der Waals surface area contributed by atoms with E-state index in [1.54, 1.807) is 24.3 Å². The number of aliphatic imine (C=N–C) groups is 1. The van der Waals surface area contributed by atoms with Crippen molar-refractivity contribution in [2.24, 2.45) is 4.99 Å². The van der Waals surface area contributed by atoms with Gasteiger partial charge in [0.25, 0.3) is 11.6 Å². The molecule has 30 heavy (non-hydrogen) atoms. The molecule has 0 spiro atoms. The van der Waals surface area contributed by atoms with E-state index >= 15 is 0 Å². The van der Waals surface area contributed by atoms with Gasteiger partial charge >= 0.3 is 5.69 Å². The van der Waals surface area contributed by atoms with Crippen molar-refractivity contribution in [1.82, 2.24) is 5.32 Å². The minimum Gasteiger partial charge on any atom is -0.502 e. The molecule has 0 aliphatic carbocycles. The second kappa shape index (κ2) is 8.61. The van der Waals surface area contributed by atoms with E-state index in [9.17, 15) is 30.1 Å². The number of phenols is 1. The summed E-state index contributed by atoms with van der Waals surface area (Å²) in [6, 6.07) is 8.44. The predicted octanol–water partition coefficient (Wildman–Crippen LogP) is 3.50. The molecule has 2 aromatic carbocycles. The van der Waals surface area contributed by atoms with Gasteiger partial charge in [0, 0.05) is 11.6 Å². The number of nitrogens with one attached hydrogen (secondary N) is 1. The molecule has 0 saturated carbocycles. The zero-order valence-electron chi connectivity index (χ0n) is 15.4. The summed E-state index contributed by atoms with van der Waals surface area (Å²) < 4.78 is 5.34. The van der Waals surface area contributed by atoms with E-state index in [1.165, 1.54) is 0 Å². The number of carbonyl (C=O) groups is 1. The number of aromatic hydroxyl groups is 1. The van der Waals surface area contributed by atoms with Crippen LogP contribution < -0.4 is 10.1 Å². The Bertz CT molecular complexity index is 1100. The third-order valence-corrected chi connectivity index (χ3v) is 4.74. The topological polar surface area (TPSA) is 157 Å².